The van der Waals surface area contributed by atoms with Gasteiger partial charge in [0.2, 0.25) is 0 Å². The van der Waals surface area contributed by atoms with Crippen LogP contribution in [-0.4, -0.2) is 0 Å². The van der Waals surface area contributed by atoms with Crippen LogP contribution >= 0.6 is 0 Å². The smallest absolute Gasteiger partial charge is 0.136 e. The van der Waals surface area contributed by atoms with Crippen LogP contribution in [0, 0.1) is 0 Å². The Labute approximate surface area is 293 Å². The van der Waals surface area contributed by atoms with Crippen LogP contribution in [0.4, 0.5) is 0 Å². The zero-order valence-electron chi connectivity index (χ0n) is 39.4. The van der Waals surface area contributed by atoms with Gasteiger partial charge in [0.05, 0.1) is 20.6 Å². The van der Waals surface area contributed by atoms with E-state index >= 15 is 0 Å². The topological polar surface area (TPSA) is 13.1 Å². The molecule has 0 unspecified atom stereocenters. The first kappa shape index (κ1) is 15.4. The highest BCUT2D eigenvalue weighted by Gasteiger charge is 2.18. The first-order valence-corrected chi connectivity index (χ1v) is 14.9. The standard InChI is InChI=1S/C46H28O/c1-3-11-31-25-33(19-17-29(31)9-1)34-21-23-37-38-24-22-36(28-44(38)47-43(37)27-34)46-41-15-7-5-13-39(41)45(40-14-6-8-16-42(40)46)35-20-18-30-10-2-4-12-32(30)26-35/h1-28H/i2D,4D,5D,6D,7D,8D,10D,12D,13D,14D,15D,16D,18D,20D,26D. The molecule has 0 N–H and O–H groups in total. The fourth-order valence-electron chi connectivity index (χ4n) is 6.55. The molecule has 47 heavy (non-hydrogen) atoms. The molecule has 9 aromatic carbocycles. The van der Waals surface area contributed by atoms with Crippen molar-refractivity contribution in [2.24, 2.45) is 0 Å². The Bertz CT molecular complexity index is 3620. The minimum Gasteiger partial charge on any atom is -0.456 e. The molecule has 1 aromatic heterocycles. The van der Waals surface area contributed by atoms with Gasteiger partial charge < -0.3 is 4.42 Å². The summed E-state index contributed by atoms with van der Waals surface area (Å²) in [5, 5.41) is 1.82. The van der Waals surface area contributed by atoms with E-state index in [1.807, 2.05) is 54.6 Å². The summed E-state index contributed by atoms with van der Waals surface area (Å²) in [6.45, 7) is 0. The monoisotopic (exact) mass is 611 g/mol. The van der Waals surface area contributed by atoms with Crippen LogP contribution in [0.3, 0.4) is 0 Å². The van der Waals surface area contributed by atoms with Crippen LogP contribution in [0.2, 0.25) is 0 Å². The molecule has 0 bridgehead atoms. The third kappa shape index (κ3) is 4.10. The van der Waals surface area contributed by atoms with Crippen molar-refractivity contribution in [3.05, 3.63) is 169 Å². The van der Waals surface area contributed by atoms with Crippen molar-refractivity contribution < 1.29 is 25.0 Å². The predicted molar refractivity (Wildman–Crippen MR) is 200 cm³/mol. The maximum Gasteiger partial charge on any atom is 0.136 e. The first-order valence-electron chi connectivity index (χ1n) is 22.4. The second-order valence-corrected chi connectivity index (χ2v) is 11.3. The molecule has 1 heteroatoms. The summed E-state index contributed by atoms with van der Waals surface area (Å²) in [5.74, 6) is 0. The number of fused-ring (bicyclic) bond motifs is 7. The van der Waals surface area contributed by atoms with Gasteiger partial charge in [-0.3, -0.25) is 0 Å². The molecule has 0 fully saturated rings. The lowest BCUT2D eigenvalue weighted by Gasteiger charge is -2.18. The number of benzene rings is 9. The van der Waals surface area contributed by atoms with Gasteiger partial charge in [-0.15, -0.1) is 0 Å². The quantitative estimate of drug-likeness (QED) is 0.181. The lowest BCUT2D eigenvalue weighted by molar-refractivity contribution is 0.669. The van der Waals surface area contributed by atoms with Gasteiger partial charge in [0.25, 0.3) is 0 Å². The molecule has 0 aliphatic heterocycles. The van der Waals surface area contributed by atoms with Gasteiger partial charge in [-0.05, 0) is 113 Å². The molecular weight excluding hydrogens is 569 g/mol. The van der Waals surface area contributed by atoms with Gasteiger partial charge in [-0.25, -0.2) is 0 Å². The highest BCUT2D eigenvalue weighted by Crippen LogP contribution is 2.45. The van der Waals surface area contributed by atoms with E-state index in [1.54, 1.807) is 18.2 Å². The molecule has 0 aliphatic rings. The Hall–Kier alpha value is -6.18. The van der Waals surface area contributed by atoms with Gasteiger partial charge in [-0.2, -0.15) is 0 Å². The van der Waals surface area contributed by atoms with Gasteiger partial charge >= 0.3 is 0 Å². The molecule has 0 saturated carbocycles. The molecule has 10 aromatic rings. The maximum absolute atomic E-state index is 9.43. The van der Waals surface area contributed by atoms with E-state index in [0.717, 1.165) is 27.3 Å². The molecule has 0 spiro atoms. The molecule has 0 radical (unpaired) electrons. The third-order valence-corrected chi connectivity index (χ3v) is 8.72. The maximum atomic E-state index is 9.43. The zero-order valence-corrected chi connectivity index (χ0v) is 24.4. The Morgan fingerprint density at radius 1 is 0.362 bits per heavy atom. The predicted octanol–water partition coefficient (Wildman–Crippen LogP) is 13.2. The number of hydrogen-bond donors (Lipinski definition) is 0. The van der Waals surface area contributed by atoms with Gasteiger partial charge in [0.1, 0.15) is 11.2 Å². The van der Waals surface area contributed by atoms with Crippen molar-refractivity contribution in [1.82, 2.24) is 0 Å². The zero-order chi connectivity index (χ0) is 44.0. The van der Waals surface area contributed by atoms with Crippen LogP contribution in [0.1, 0.15) is 20.6 Å². The molecule has 1 heterocycles. The highest BCUT2D eigenvalue weighted by molar-refractivity contribution is 6.22. The molecule has 0 atom stereocenters. The van der Waals surface area contributed by atoms with Crippen LogP contribution in [-0.2, 0) is 0 Å². The molecule has 0 saturated heterocycles. The van der Waals surface area contributed by atoms with E-state index in [1.165, 1.54) is 0 Å². The largest absolute Gasteiger partial charge is 0.456 e. The van der Waals surface area contributed by atoms with Gasteiger partial charge in [-0.1, -0.05) is 133 Å². The van der Waals surface area contributed by atoms with Crippen molar-refractivity contribution in [2.75, 3.05) is 0 Å². The SMILES string of the molecule is [2H]c1c([2H])c([2H])c2c([2H])c(-c3c4c([2H])c([2H])c([2H])c([2H])c4c(-c4ccc5c(c4)oc4cc(-c6ccc7ccccc7c6)ccc45)c4c([2H])c([2H])c([2H])c([2H])c34)c([2H])c([2H])c2c1[2H]. The molecule has 10 rings (SSSR count). The summed E-state index contributed by atoms with van der Waals surface area (Å²) >= 11 is 0. The first-order chi connectivity index (χ1) is 29.5. The average molecular weight is 612 g/mol. The van der Waals surface area contributed by atoms with Crippen molar-refractivity contribution in [3.8, 4) is 33.4 Å². The van der Waals surface area contributed by atoms with Crippen molar-refractivity contribution in [2.45, 2.75) is 0 Å². The van der Waals surface area contributed by atoms with Crippen molar-refractivity contribution in [1.29, 1.82) is 0 Å². The molecule has 0 aliphatic carbocycles. The summed E-state index contributed by atoms with van der Waals surface area (Å²) < 4.78 is 140. The lowest BCUT2D eigenvalue weighted by Crippen LogP contribution is -1.91. The number of furan rings is 1. The third-order valence-electron chi connectivity index (χ3n) is 8.72. The second-order valence-electron chi connectivity index (χ2n) is 11.3. The number of hydrogen-bond acceptors (Lipinski definition) is 1. The summed E-state index contributed by atoms with van der Waals surface area (Å²) in [6, 6.07) is 15.1. The highest BCUT2D eigenvalue weighted by atomic mass is 16.3. The molecule has 1 nitrogen and oxygen atoms in total. The van der Waals surface area contributed by atoms with E-state index < -0.39 is 107 Å². The van der Waals surface area contributed by atoms with Crippen molar-refractivity contribution >= 4 is 65.0 Å². The fourth-order valence-corrected chi connectivity index (χ4v) is 6.55. The summed E-state index contributed by atoms with van der Waals surface area (Å²) in [6.07, 6.45) is 0. The lowest BCUT2D eigenvalue weighted by atomic mass is 9.85. The molecule has 218 valence electrons. The molecule has 0 amide bonds. The number of rotatable bonds is 3. The van der Waals surface area contributed by atoms with E-state index in [-0.39, 0.29) is 38.2 Å². The van der Waals surface area contributed by atoms with Gasteiger partial charge in [0, 0.05) is 10.8 Å². The van der Waals surface area contributed by atoms with Crippen LogP contribution < -0.4 is 0 Å². The van der Waals surface area contributed by atoms with Crippen LogP contribution in [0.25, 0.3) is 98.4 Å². The molecular formula is C46H28O. The second kappa shape index (κ2) is 10.2. The van der Waals surface area contributed by atoms with E-state index in [0.29, 0.717) is 16.6 Å². The summed E-state index contributed by atoms with van der Waals surface area (Å²) in [5.41, 5.74) is 2.22. The van der Waals surface area contributed by atoms with E-state index in [9.17, 15) is 8.22 Å². The Morgan fingerprint density at radius 3 is 1.60 bits per heavy atom. The van der Waals surface area contributed by atoms with Gasteiger partial charge in [0.15, 0.2) is 0 Å². The van der Waals surface area contributed by atoms with Crippen LogP contribution in [0.5, 0.6) is 0 Å². The van der Waals surface area contributed by atoms with E-state index in [4.69, 9.17) is 16.8 Å². The Kier molecular flexibility index (Phi) is 3.33. The van der Waals surface area contributed by atoms with Crippen LogP contribution in [0.15, 0.2) is 174 Å². The van der Waals surface area contributed by atoms with Crippen molar-refractivity contribution in [3.63, 3.8) is 0 Å². The minimum atomic E-state index is -0.741. The van der Waals surface area contributed by atoms with E-state index in [2.05, 4.69) is 6.07 Å². The fraction of sp³-hybridized carbons (Fsp3) is 0. The normalized spacial score (nSPS) is 16.3. The minimum absolute atomic E-state index is 0.00354. The Balaban J connectivity index is 1.34. The summed E-state index contributed by atoms with van der Waals surface area (Å²) in [4.78, 5) is 0. The Morgan fingerprint density at radius 2 is 0.894 bits per heavy atom. The average Bonchev–Trinajstić information content (AvgIpc) is 3.64. The summed E-state index contributed by atoms with van der Waals surface area (Å²) in [7, 11) is 0.